The van der Waals surface area contributed by atoms with Gasteiger partial charge in [-0.2, -0.15) is 5.26 Å². The summed E-state index contributed by atoms with van der Waals surface area (Å²) in [7, 11) is 0. The van der Waals surface area contributed by atoms with Crippen molar-refractivity contribution in [3.05, 3.63) is 59.7 Å². The molecule has 2 amide bonds. The van der Waals surface area contributed by atoms with Gasteiger partial charge in [-0.3, -0.25) is 9.59 Å². The highest BCUT2D eigenvalue weighted by molar-refractivity contribution is 6.04. The van der Waals surface area contributed by atoms with Crippen LogP contribution < -0.4 is 15.8 Å². The fourth-order valence-electron chi connectivity index (χ4n) is 1.86. The number of ether oxygens (including phenoxy) is 1. The average Bonchev–Trinajstić information content (AvgIpc) is 2.55. The van der Waals surface area contributed by atoms with Crippen molar-refractivity contribution in [2.75, 3.05) is 11.9 Å². The smallest absolute Gasteiger partial charge is 0.255 e. The van der Waals surface area contributed by atoms with Gasteiger partial charge in [0, 0.05) is 11.3 Å². The van der Waals surface area contributed by atoms with Crippen LogP contribution in [0.2, 0.25) is 0 Å². The van der Waals surface area contributed by atoms with E-state index in [1.54, 1.807) is 48.5 Å². The highest BCUT2D eigenvalue weighted by Crippen LogP contribution is 2.15. The summed E-state index contributed by atoms with van der Waals surface area (Å²) in [6.07, 6.45) is 0.334. The van der Waals surface area contributed by atoms with E-state index in [4.69, 9.17) is 15.7 Å². The number of hydrogen-bond acceptors (Lipinski definition) is 4. The Morgan fingerprint density at radius 1 is 1.09 bits per heavy atom. The van der Waals surface area contributed by atoms with E-state index in [9.17, 15) is 9.59 Å². The topological polar surface area (TPSA) is 105 Å². The molecule has 2 aromatic carbocycles. The maximum atomic E-state index is 12.1. The van der Waals surface area contributed by atoms with Crippen molar-refractivity contribution < 1.29 is 14.3 Å². The number of benzene rings is 2. The Bertz CT molecular complexity index is 731. The van der Waals surface area contributed by atoms with Gasteiger partial charge in [0.2, 0.25) is 0 Å². The first-order valence-corrected chi connectivity index (χ1v) is 6.87. The van der Waals surface area contributed by atoms with E-state index in [1.165, 1.54) is 0 Å². The molecule has 0 atom stereocenters. The predicted octanol–water partition coefficient (Wildman–Crippen LogP) is 1.87. The lowest BCUT2D eigenvalue weighted by atomic mass is 10.1. The van der Waals surface area contributed by atoms with E-state index >= 15 is 0 Å². The van der Waals surface area contributed by atoms with Crippen molar-refractivity contribution in [2.45, 2.75) is 6.42 Å². The molecule has 6 heteroatoms. The molecule has 116 valence electrons. The van der Waals surface area contributed by atoms with Crippen LogP contribution in [0.1, 0.15) is 15.9 Å². The summed E-state index contributed by atoms with van der Waals surface area (Å²) in [5.74, 6) is -0.368. The van der Waals surface area contributed by atoms with E-state index in [1.807, 2.05) is 0 Å². The van der Waals surface area contributed by atoms with E-state index in [-0.39, 0.29) is 12.5 Å². The van der Waals surface area contributed by atoms with Crippen LogP contribution in [0.5, 0.6) is 5.75 Å². The second kappa shape index (κ2) is 7.61. The number of carbonyl (C=O) groups is 2. The Morgan fingerprint density at radius 2 is 1.74 bits per heavy atom. The summed E-state index contributed by atoms with van der Waals surface area (Å²) < 4.78 is 5.12. The van der Waals surface area contributed by atoms with Crippen molar-refractivity contribution in [3.63, 3.8) is 0 Å². The van der Waals surface area contributed by atoms with Gasteiger partial charge < -0.3 is 15.8 Å². The number of amides is 2. The first-order chi connectivity index (χ1) is 11.1. The quantitative estimate of drug-likeness (QED) is 0.849. The monoisotopic (exact) mass is 309 g/mol. The summed E-state index contributed by atoms with van der Waals surface area (Å²) in [4.78, 5) is 22.8. The van der Waals surface area contributed by atoms with Crippen molar-refractivity contribution in [2.24, 2.45) is 5.73 Å². The number of rotatable bonds is 6. The zero-order valence-electron chi connectivity index (χ0n) is 12.3. The number of hydrogen-bond donors (Lipinski definition) is 2. The maximum absolute atomic E-state index is 12.1. The molecule has 0 aliphatic rings. The minimum absolute atomic E-state index is 0.208. The molecule has 0 saturated heterocycles. The zero-order chi connectivity index (χ0) is 16.7. The number of nitriles is 1. The molecule has 0 fully saturated rings. The van der Waals surface area contributed by atoms with Crippen LogP contribution in [0.15, 0.2) is 48.5 Å². The standard InChI is InChI=1S/C17H15N3O3/c18-10-9-12-1-5-14(6-2-12)20-17(22)13-3-7-15(8-4-13)23-11-16(19)21/h1-8H,9,11H2,(H2,19,21)(H,20,22). The lowest BCUT2D eigenvalue weighted by Gasteiger charge is -2.07. The van der Waals surface area contributed by atoms with Crippen LogP contribution in [0.4, 0.5) is 5.69 Å². The summed E-state index contributed by atoms with van der Waals surface area (Å²) in [6, 6.07) is 15.5. The highest BCUT2D eigenvalue weighted by Gasteiger charge is 2.07. The van der Waals surface area contributed by atoms with E-state index in [2.05, 4.69) is 11.4 Å². The first kappa shape index (κ1) is 16.0. The Hall–Kier alpha value is -3.33. The average molecular weight is 309 g/mol. The largest absolute Gasteiger partial charge is 0.484 e. The Kier molecular flexibility index (Phi) is 5.31. The lowest BCUT2D eigenvalue weighted by molar-refractivity contribution is -0.119. The molecule has 0 saturated carbocycles. The molecule has 0 aliphatic heterocycles. The Labute approximate surface area is 133 Å². The fourth-order valence-corrected chi connectivity index (χ4v) is 1.86. The van der Waals surface area contributed by atoms with Gasteiger partial charge in [0.15, 0.2) is 6.61 Å². The van der Waals surface area contributed by atoms with Gasteiger partial charge >= 0.3 is 0 Å². The lowest BCUT2D eigenvalue weighted by Crippen LogP contribution is -2.20. The van der Waals surface area contributed by atoms with Gasteiger partial charge in [-0.15, -0.1) is 0 Å². The molecular formula is C17H15N3O3. The molecule has 0 aliphatic carbocycles. The number of carbonyl (C=O) groups excluding carboxylic acids is 2. The predicted molar refractivity (Wildman–Crippen MR) is 84.8 cm³/mol. The van der Waals surface area contributed by atoms with Crippen molar-refractivity contribution in [1.82, 2.24) is 0 Å². The third-order valence-electron chi connectivity index (χ3n) is 2.99. The third-order valence-corrected chi connectivity index (χ3v) is 2.99. The van der Waals surface area contributed by atoms with Crippen LogP contribution >= 0.6 is 0 Å². The molecule has 6 nitrogen and oxygen atoms in total. The maximum Gasteiger partial charge on any atom is 0.255 e. The normalized spacial score (nSPS) is 9.70. The minimum atomic E-state index is -0.563. The van der Waals surface area contributed by atoms with E-state index in [0.29, 0.717) is 23.4 Å². The zero-order valence-corrected chi connectivity index (χ0v) is 12.3. The molecule has 2 rings (SSSR count). The molecule has 0 spiro atoms. The van der Waals surface area contributed by atoms with Crippen LogP contribution in [-0.2, 0) is 11.2 Å². The molecule has 3 N–H and O–H groups in total. The third kappa shape index (κ3) is 4.86. The number of nitrogens with zero attached hydrogens (tertiary/aromatic N) is 1. The molecule has 0 bridgehead atoms. The van der Waals surface area contributed by atoms with Crippen LogP contribution in [-0.4, -0.2) is 18.4 Å². The van der Waals surface area contributed by atoms with Gasteiger partial charge in [-0.25, -0.2) is 0 Å². The van der Waals surface area contributed by atoms with Crippen molar-refractivity contribution in [1.29, 1.82) is 5.26 Å². The van der Waals surface area contributed by atoms with Gasteiger partial charge in [-0.05, 0) is 42.0 Å². The minimum Gasteiger partial charge on any atom is -0.484 e. The second-order valence-corrected chi connectivity index (χ2v) is 4.77. The van der Waals surface area contributed by atoms with Crippen LogP contribution in [0.3, 0.4) is 0 Å². The Balaban J connectivity index is 1.97. The van der Waals surface area contributed by atoms with Crippen LogP contribution in [0.25, 0.3) is 0 Å². The molecular weight excluding hydrogens is 294 g/mol. The molecule has 2 aromatic rings. The molecule has 0 radical (unpaired) electrons. The number of nitrogens with two attached hydrogens (primary N) is 1. The molecule has 23 heavy (non-hydrogen) atoms. The number of anilines is 1. The summed E-state index contributed by atoms with van der Waals surface area (Å²) in [5, 5.41) is 11.4. The Morgan fingerprint density at radius 3 is 2.30 bits per heavy atom. The summed E-state index contributed by atoms with van der Waals surface area (Å²) in [6.45, 7) is -0.208. The molecule has 0 heterocycles. The molecule has 0 unspecified atom stereocenters. The fraction of sp³-hybridized carbons (Fsp3) is 0.118. The van der Waals surface area contributed by atoms with Gasteiger partial charge in [0.1, 0.15) is 5.75 Å². The SMILES string of the molecule is N#CCc1ccc(NC(=O)c2ccc(OCC(N)=O)cc2)cc1. The van der Waals surface area contributed by atoms with Gasteiger partial charge in [0.25, 0.3) is 11.8 Å². The summed E-state index contributed by atoms with van der Waals surface area (Å²) >= 11 is 0. The van der Waals surface area contributed by atoms with E-state index in [0.717, 1.165) is 5.56 Å². The first-order valence-electron chi connectivity index (χ1n) is 6.87. The molecule has 0 aromatic heterocycles. The van der Waals surface area contributed by atoms with Crippen LogP contribution in [0, 0.1) is 11.3 Å². The van der Waals surface area contributed by atoms with Crippen molar-refractivity contribution >= 4 is 17.5 Å². The van der Waals surface area contributed by atoms with Gasteiger partial charge in [-0.1, -0.05) is 12.1 Å². The number of nitrogens with one attached hydrogen (secondary N) is 1. The van der Waals surface area contributed by atoms with Crippen molar-refractivity contribution in [3.8, 4) is 11.8 Å². The number of primary amides is 1. The highest BCUT2D eigenvalue weighted by atomic mass is 16.5. The van der Waals surface area contributed by atoms with E-state index < -0.39 is 5.91 Å². The summed E-state index contributed by atoms with van der Waals surface area (Å²) in [5.41, 5.74) is 6.98. The van der Waals surface area contributed by atoms with Gasteiger partial charge in [0.05, 0.1) is 12.5 Å². The second-order valence-electron chi connectivity index (χ2n) is 4.77.